The number of rotatable bonds is 2. The van der Waals surface area contributed by atoms with Gasteiger partial charge in [-0.05, 0) is 20.8 Å². The third kappa shape index (κ3) is 2.17. The quantitative estimate of drug-likeness (QED) is 0.829. The van der Waals surface area contributed by atoms with Crippen LogP contribution in [-0.2, 0) is 17.1 Å². The molecule has 18 heavy (non-hydrogen) atoms. The molecular formula is C11H20N4O2S. The van der Waals surface area contributed by atoms with Crippen LogP contribution in [-0.4, -0.2) is 47.4 Å². The number of nitrogens with one attached hydrogen (secondary N) is 1. The number of imidazole rings is 1. The molecule has 1 fully saturated rings. The Hall–Kier alpha value is -0.920. The van der Waals surface area contributed by atoms with E-state index in [-0.39, 0.29) is 5.03 Å². The summed E-state index contributed by atoms with van der Waals surface area (Å²) in [7, 11) is -1.71. The second kappa shape index (κ2) is 4.32. The Bertz CT molecular complexity index is 528. The largest absolute Gasteiger partial charge is 0.337 e. The predicted molar refractivity (Wildman–Crippen MR) is 68.8 cm³/mol. The van der Waals surface area contributed by atoms with E-state index in [9.17, 15) is 8.42 Å². The minimum absolute atomic E-state index is 0.137. The number of hydrogen-bond acceptors (Lipinski definition) is 4. The van der Waals surface area contributed by atoms with Gasteiger partial charge in [0.1, 0.15) is 5.82 Å². The second-order valence-electron chi connectivity index (χ2n) is 5.30. The third-order valence-corrected chi connectivity index (χ3v) is 5.35. The van der Waals surface area contributed by atoms with Gasteiger partial charge in [-0.2, -0.15) is 4.31 Å². The molecule has 2 heterocycles. The van der Waals surface area contributed by atoms with Crippen LogP contribution in [0.25, 0.3) is 0 Å². The Kier molecular flexibility index (Phi) is 3.25. The Morgan fingerprint density at radius 1 is 1.44 bits per heavy atom. The van der Waals surface area contributed by atoms with Gasteiger partial charge < -0.3 is 9.88 Å². The average Bonchev–Trinajstić information content (AvgIpc) is 2.59. The Balaban J connectivity index is 2.42. The summed E-state index contributed by atoms with van der Waals surface area (Å²) in [4.78, 5) is 4.14. The standard InChI is InChI=1S/C11H20N4O2S/c1-9-13-10(7-14(9)4)18(16,17)15-6-5-12-8-11(15,2)3/h7,12H,5-6,8H2,1-4H3. The smallest absolute Gasteiger partial charge is 0.262 e. The third-order valence-electron chi connectivity index (χ3n) is 3.37. The van der Waals surface area contributed by atoms with E-state index in [1.54, 1.807) is 24.7 Å². The van der Waals surface area contributed by atoms with Crippen molar-refractivity contribution in [1.82, 2.24) is 19.2 Å². The maximum absolute atomic E-state index is 12.6. The van der Waals surface area contributed by atoms with Gasteiger partial charge in [-0.1, -0.05) is 0 Å². The maximum atomic E-state index is 12.6. The molecule has 0 radical (unpaired) electrons. The number of nitrogens with zero attached hydrogens (tertiary/aromatic N) is 3. The lowest BCUT2D eigenvalue weighted by molar-refractivity contribution is 0.185. The van der Waals surface area contributed by atoms with Crippen LogP contribution in [0.15, 0.2) is 11.2 Å². The van der Waals surface area contributed by atoms with Crippen molar-refractivity contribution in [1.29, 1.82) is 0 Å². The van der Waals surface area contributed by atoms with Crippen LogP contribution < -0.4 is 5.32 Å². The molecular weight excluding hydrogens is 252 g/mol. The topological polar surface area (TPSA) is 67.2 Å². The van der Waals surface area contributed by atoms with Gasteiger partial charge >= 0.3 is 0 Å². The molecule has 6 nitrogen and oxygen atoms in total. The predicted octanol–water partition coefficient (Wildman–Crippen LogP) is 0.101. The van der Waals surface area contributed by atoms with E-state index in [0.717, 1.165) is 0 Å². The van der Waals surface area contributed by atoms with E-state index in [2.05, 4.69) is 10.3 Å². The Morgan fingerprint density at radius 3 is 2.61 bits per heavy atom. The molecule has 0 amide bonds. The van der Waals surface area contributed by atoms with Crippen molar-refractivity contribution in [2.75, 3.05) is 19.6 Å². The van der Waals surface area contributed by atoms with E-state index in [1.165, 1.54) is 4.31 Å². The van der Waals surface area contributed by atoms with Crippen molar-refractivity contribution in [2.45, 2.75) is 31.3 Å². The van der Waals surface area contributed by atoms with Crippen molar-refractivity contribution in [2.24, 2.45) is 7.05 Å². The lowest BCUT2D eigenvalue weighted by Gasteiger charge is -2.40. The van der Waals surface area contributed by atoms with E-state index in [1.807, 2.05) is 13.8 Å². The molecule has 1 N–H and O–H groups in total. The van der Waals surface area contributed by atoms with Gasteiger partial charge in [0.2, 0.25) is 0 Å². The Labute approximate surface area is 108 Å². The maximum Gasteiger partial charge on any atom is 0.262 e. The number of hydrogen-bond donors (Lipinski definition) is 1. The Morgan fingerprint density at radius 2 is 2.11 bits per heavy atom. The first-order valence-corrected chi connectivity index (χ1v) is 7.43. The molecule has 0 spiro atoms. The highest BCUT2D eigenvalue weighted by Crippen LogP contribution is 2.25. The second-order valence-corrected chi connectivity index (χ2v) is 7.11. The molecule has 0 atom stereocenters. The first-order valence-electron chi connectivity index (χ1n) is 5.99. The van der Waals surface area contributed by atoms with E-state index < -0.39 is 15.6 Å². The summed E-state index contributed by atoms with van der Waals surface area (Å²) in [6.45, 7) is 7.44. The van der Waals surface area contributed by atoms with E-state index in [4.69, 9.17) is 0 Å². The van der Waals surface area contributed by atoms with Crippen LogP contribution >= 0.6 is 0 Å². The summed E-state index contributed by atoms with van der Waals surface area (Å²) in [6.07, 6.45) is 1.57. The normalized spacial score (nSPS) is 21.1. The fourth-order valence-corrected chi connectivity index (χ4v) is 3.99. The summed E-state index contributed by atoms with van der Waals surface area (Å²) in [5.41, 5.74) is -0.428. The molecule has 1 aliphatic rings. The summed E-state index contributed by atoms with van der Waals surface area (Å²) >= 11 is 0. The monoisotopic (exact) mass is 272 g/mol. The first-order chi connectivity index (χ1) is 8.25. The zero-order valence-corrected chi connectivity index (χ0v) is 12.1. The van der Waals surface area contributed by atoms with Gasteiger partial charge in [0.15, 0.2) is 5.03 Å². The van der Waals surface area contributed by atoms with Gasteiger partial charge in [-0.15, -0.1) is 0 Å². The van der Waals surface area contributed by atoms with Crippen LogP contribution in [0.2, 0.25) is 0 Å². The van der Waals surface area contributed by atoms with E-state index >= 15 is 0 Å². The van der Waals surface area contributed by atoms with Crippen molar-refractivity contribution < 1.29 is 8.42 Å². The zero-order valence-electron chi connectivity index (χ0n) is 11.3. The van der Waals surface area contributed by atoms with Gasteiger partial charge in [-0.3, -0.25) is 0 Å². The minimum Gasteiger partial charge on any atom is -0.337 e. The molecule has 2 rings (SSSR count). The highest BCUT2D eigenvalue weighted by atomic mass is 32.2. The highest BCUT2D eigenvalue weighted by Gasteiger charge is 2.40. The summed E-state index contributed by atoms with van der Waals surface area (Å²) < 4.78 is 28.4. The summed E-state index contributed by atoms with van der Waals surface area (Å²) in [6, 6.07) is 0. The molecule has 1 aliphatic heterocycles. The lowest BCUT2D eigenvalue weighted by atomic mass is 10.0. The SMILES string of the molecule is Cc1nc(S(=O)(=O)N2CCNCC2(C)C)cn1C. The van der Waals surface area contributed by atoms with Gasteiger partial charge in [0.25, 0.3) is 10.0 Å². The fraction of sp³-hybridized carbons (Fsp3) is 0.727. The van der Waals surface area contributed by atoms with Crippen LogP contribution in [0.1, 0.15) is 19.7 Å². The fourth-order valence-electron chi connectivity index (χ4n) is 2.17. The molecule has 1 saturated heterocycles. The van der Waals surface area contributed by atoms with E-state index in [0.29, 0.717) is 25.5 Å². The van der Waals surface area contributed by atoms with Crippen molar-refractivity contribution in [3.63, 3.8) is 0 Å². The molecule has 0 bridgehead atoms. The number of aryl methyl sites for hydroxylation is 2. The molecule has 0 saturated carbocycles. The molecule has 1 aromatic rings. The van der Waals surface area contributed by atoms with Crippen LogP contribution in [0.4, 0.5) is 0 Å². The lowest BCUT2D eigenvalue weighted by Crippen LogP contribution is -2.59. The first kappa shape index (κ1) is 13.5. The molecule has 1 aromatic heterocycles. The van der Waals surface area contributed by atoms with Gasteiger partial charge in [0.05, 0.1) is 0 Å². The number of sulfonamides is 1. The highest BCUT2D eigenvalue weighted by molar-refractivity contribution is 7.89. The van der Waals surface area contributed by atoms with Crippen LogP contribution in [0.5, 0.6) is 0 Å². The zero-order chi connectivity index (χ0) is 13.6. The van der Waals surface area contributed by atoms with Crippen molar-refractivity contribution in [3.05, 3.63) is 12.0 Å². The number of piperazine rings is 1. The minimum atomic E-state index is -3.51. The molecule has 7 heteroatoms. The molecule has 0 unspecified atom stereocenters. The van der Waals surface area contributed by atoms with Crippen molar-refractivity contribution in [3.8, 4) is 0 Å². The average molecular weight is 272 g/mol. The van der Waals surface area contributed by atoms with Gasteiger partial charge in [-0.25, -0.2) is 13.4 Å². The summed E-state index contributed by atoms with van der Waals surface area (Å²) in [5, 5.41) is 3.35. The molecule has 0 aromatic carbocycles. The molecule has 0 aliphatic carbocycles. The number of aromatic nitrogens is 2. The van der Waals surface area contributed by atoms with Crippen LogP contribution in [0.3, 0.4) is 0 Å². The summed E-state index contributed by atoms with van der Waals surface area (Å²) in [5.74, 6) is 0.696. The van der Waals surface area contributed by atoms with Crippen LogP contribution in [0, 0.1) is 6.92 Å². The van der Waals surface area contributed by atoms with Gasteiger partial charge in [0, 0.05) is 38.4 Å². The van der Waals surface area contributed by atoms with Crippen molar-refractivity contribution >= 4 is 10.0 Å². The molecule has 102 valence electrons.